The Morgan fingerprint density at radius 2 is 2.06 bits per heavy atom. The highest BCUT2D eigenvalue weighted by molar-refractivity contribution is 5.37. The standard InChI is InChI=1S/C8H9F3N2O3/c9-8(10,11)16-7-4(2-12)1-6(15)5(3-14)13-7/h1,14-15H,2-3,12H2. The number of pyridine rings is 1. The molecule has 1 rings (SSSR count). The largest absolute Gasteiger partial charge is 0.574 e. The van der Waals surface area contributed by atoms with E-state index in [1.165, 1.54) is 0 Å². The van der Waals surface area contributed by atoms with E-state index >= 15 is 0 Å². The van der Waals surface area contributed by atoms with E-state index < -0.39 is 24.6 Å². The van der Waals surface area contributed by atoms with Gasteiger partial charge in [-0.2, -0.15) is 0 Å². The first-order chi connectivity index (χ1) is 7.37. The fourth-order valence-corrected chi connectivity index (χ4v) is 1.02. The zero-order valence-electron chi connectivity index (χ0n) is 7.95. The minimum Gasteiger partial charge on any atom is -0.506 e. The summed E-state index contributed by atoms with van der Waals surface area (Å²) in [6, 6.07) is 0.972. The Balaban J connectivity index is 3.15. The summed E-state index contributed by atoms with van der Waals surface area (Å²) >= 11 is 0. The molecule has 0 spiro atoms. The zero-order chi connectivity index (χ0) is 12.3. The summed E-state index contributed by atoms with van der Waals surface area (Å²) in [6.07, 6.45) is -4.90. The van der Waals surface area contributed by atoms with Gasteiger partial charge in [-0.05, 0) is 6.07 Å². The van der Waals surface area contributed by atoms with E-state index in [2.05, 4.69) is 9.72 Å². The smallest absolute Gasteiger partial charge is 0.506 e. The van der Waals surface area contributed by atoms with Crippen molar-refractivity contribution in [3.63, 3.8) is 0 Å². The van der Waals surface area contributed by atoms with Crippen LogP contribution in [0.5, 0.6) is 11.6 Å². The van der Waals surface area contributed by atoms with Crippen LogP contribution in [0.15, 0.2) is 6.07 Å². The number of aliphatic hydroxyl groups is 1. The number of halogens is 3. The van der Waals surface area contributed by atoms with E-state index in [1.54, 1.807) is 0 Å². The molecule has 0 saturated carbocycles. The van der Waals surface area contributed by atoms with Crippen molar-refractivity contribution in [1.82, 2.24) is 4.98 Å². The Kier molecular flexibility index (Phi) is 3.55. The number of alkyl halides is 3. The first kappa shape index (κ1) is 12.5. The van der Waals surface area contributed by atoms with Gasteiger partial charge in [0.15, 0.2) is 0 Å². The lowest BCUT2D eigenvalue weighted by Crippen LogP contribution is -2.20. The second kappa shape index (κ2) is 4.54. The summed E-state index contributed by atoms with van der Waals surface area (Å²) in [4.78, 5) is 3.32. The zero-order valence-corrected chi connectivity index (χ0v) is 7.95. The summed E-state index contributed by atoms with van der Waals surface area (Å²) in [6.45, 7) is -0.984. The maximum absolute atomic E-state index is 12.0. The van der Waals surface area contributed by atoms with Crippen molar-refractivity contribution in [3.8, 4) is 11.6 Å². The number of rotatable bonds is 3. The topological polar surface area (TPSA) is 88.6 Å². The Bertz CT molecular complexity index is 382. The highest BCUT2D eigenvalue weighted by atomic mass is 19.4. The predicted octanol–water partition coefficient (Wildman–Crippen LogP) is 0.637. The molecule has 0 unspecified atom stereocenters. The second-order valence-corrected chi connectivity index (χ2v) is 2.83. The van der Waals surface area contributed by atoms with Crippen LogP contribution < -0.4 is 10.5 Å². The van der Waals surface area contributed by atoms with E-state index in [0.717, 1.165) is 6.07 Å². The van der Waals surface area contributed by atoms with Crippen molar-refractivity contribution in [3.05, 3.63) is 17.3 Å². The van der Waals surface area contributed by atoms with E-state index in [4.69, 9.17) is 10.8 Å². The third kappa shape index (κ3) is 2.97. The third-order valence-electron chi connectivity index (χ3n) is 1.70. The fraction of sp³-hybridized carbons (Fsp3) is 0.375. The molecule has 1 aromatic rings. The van der Waals surface area contributed by atoms with Gasteiger partial charge in [-0.25, -0.2) is 4.98 Å². The van der Waals surface area contributed by atoms with Crippen molar-refractivity contribution >= 4 is 0 Å². The van der Waals surface area contributed by atoms with Crippen LogP contribution in [0, 0.1) is 0 Å². The number of aromatic nitrogens is 1. The molecule has 0 bridgehead atoms. The Labute approximate surface area is 88.3 Å². The van der Waals surface area contributed by atoms with Gasteiger partial charge in [0.1, 0.15) is 11.4 Å². The molecular formula is C8H9F3N2O3. The molecule has 0 aliphatic heterocycles. The highest BCUT2D eigenvalue weighted by Gasteiger charge is 2.33. The SMILES string of the molecule is NCc1cc(O)c(CO)nc1OC(F)(F)F. The molecule has 4 N–H and O–H groups in total. The quantitative estimate of drug-likeness (QED) is 0.719. The van der Waals surface area contributed by atoms with Gasteiger partial charge >= 0.3 is 6.36 Å². The number of aromatic hydroxyl groups is 1. The summed E-state index contributed by atoms with van der Waals surface area (Å²) in [5.41, 5.74) is 4.76. The van der Waals surface area contributed by atoms with Crippen LogP contribution in [-0.4, -0.2) is 21.6 Å². The van der Waals surface area contributed by atoms with Gasteiger partial charge in [-0.3, -0.25) is 0 Å². The lowest BCUT2D eigenvalue weighted by atomic mass is 10.2. The Morgan fingerprint density at radius 3 is 2.50 bits per heavy atom. The molecular weight excluding hydrogens is 229 g/mol. The lowest BCUT2D eigenvalue weighted by molar-refractivity contribution is -0.276. The Morgan fingerprint density at radius 1 is 1.44 bits per heavy atom. The molecule has 1 aromatic heterocycles. The molecule has 16 heavy (non-hydrogen) atoms. The van der Waals surface area contributed by atoms with Crippen molar-refractivity contribution in [2.45, 2.75) is 19.5 Å². The molecule has 0 aliphatic rings. The van der Waals surface area contributed by atoms with E-state index in [-0.39, 0.29) is 17.8 Å². The number of nitrogens with two attached hydrogens (primary N) is 1. The maximum Gasteiger partial charge on any atom is 0.574 e. The van der Waals surface area contributed by atoms with Gasteiger partial charge < -0.3 is 20.7 Å². The Hall–Kier alpha value is -1.54. The van der Waals surface area contributed by atoms with Crippen molar-refractivity contribution in [2.24, 2.45) is 5.73 Å². The van der Waals surface area contributed by atoms with Crippen LogP contribution in [0.4, 0.5) is 13.2 Å². The molecule has 0 aliphatic carbocycles. The molecule has 5 nitrogen and oxygen atoms in total. The maximum atomic E-state index is 12.0. The van der Waals surface area contributed by atoms with Crippen molar-refractivity contribution in [2.75, 3.05) is 0 Å². The van der Waals surface area contributed by atoms with E-state index in [1.807, 2.05) is 0 Å². The van der Waals surface area contributed by atoms with Crippen molar-refractivity contribution in [1.29, 1.82) is 0 Å². The van der Waals surface area contributed by atoms with E-state index in [9.17, 15) is 18.3 Å². The van der Waals surface area contributed by atoms with Crippen LogP contribution in [0.2, 0.25) is 0 Å². The average Bonchev–Trinajstić information content (AvgIpc) is 2.18. The minimum atomic E-state index is -4.90. The van der Waals surface area contributed by atoms with Crippen LogP contribution in [0.25, 0.3) is 0 Å². The van der Waals surface area contributed by atoms with Crippen LogP contribution >= 0.6 is 0 Å². The number of hydrogen-bond donors (Lipinski definition) is 3. The minimum absolute atomic E-state index is 0.105. The molecule has 0 aromatic carbocycles. The highest BCUT2D eigenvalue weighted by Crippen LogP contribution is 2.28. The lowest BCUT2D eigenvalue weighted by Gasteiger charge is -2.13. The normalized spacial score (nSPS) is 11.6. The first-order valence-corrected chi connectivity index (χ1v) is 4.15. The number of aliphatic hydroxyl groups excluding tert-OH is 1. The molecule has 0 radical (unpaired) electrons. The summed E-state index contributed by atoms with van der Waals surface area (Å²) < 4.78 is 39.5. The van der Waals surface area contributed by atoms with Gasteiger partial charge in [-0.1, -0.05) is 0 Å². The monoisotopic (exact) mass is 238 g/mol. The molecule has 0 saturated heterocycles. The second-order valence-electron chi connectivity index (χ2n) is 2.83. The number of hydrogen-bond acceptors (Lipinski definition) is 5. The predicted molar refractivity (Wildman–Crippen MR) is 46.4 cm³/mol. The first-order valence-electron chi connectivity index (χ1n) is 4.15. The fourth-order valence-electron chi connectivity index (χ4n) is 1.02. The van der Waals surface area contributed by atoms with Gasteiger partial charge in [0.2, 0.25) is 5.88 Å². The summed E-state index contributed by atoms with van der Waals surface area (Å²) in [5, 5.41) is 17.9. The van der Waals surface area contributed by atoms with E-state index in [0.29, 0.717) is 0 Å². The molecule has 0 amide bonds. The van der Waals surface area contributed by atoms with Crippen LogP contribution in [0.3, 0.4) is 0 Å². The molecule has 0 atom stereocenters. The van der Waals surface area contributed by atoms with Gasteiger partial charge in [0.25, 0.3) is 0 Å². The van der Waals surface area contributed by atoms with Crippen molar-refractivity contribution < 1.29 is 28.1 Å². The van der Waals surface area contributed by atoms with Crippen LogP contribution in [0.1, 0.15) is 11.3 Å². The molecule has 8 heteroatoms. The third-order valence-corrected chi connectivity index (χ3v) is 1.70. The van der Waals surface area contributed by atoms with Crippen LogP contribution in [-0.2, 0) is 13.2 Å². The summed E-state index contributed by atoms with van der Waals surface area (Å²) in [5.74, 6) is -1.20. The van der Waals surface area contributed by atoms with Gasteiger partial charge in [-0.15, -0.1) is 13.2 Å². The van der Waals surface area contributed by atoms with Gasteiger partial charge in [0, 0.05) is 12.1 Å². The van der Waals surface area contributed by atoms with Gasteiger partial charge in [0.05, 0.1) is 6.61 Å². The molecule has 90 valence electrons. The number of ether oxygens (including phenoxy) is 1. The average molecular weight is 238 g/mol. The molecule has 1 heterocycles. The summed E-state index contributed by atoms with van der Waals surface area (Å²) in [7, 11) is 0. The number of nitrogens with zero attached hydrogens (tertiary/aromatic N) is 1. The molecule has 0 fully saturated rings.